The van der Waals surface area contributed by atoms with Crippen molar-refractivity contribution >= 4 is 17.6 Å². The number of carboxylic acids is 1. The number of carbonyl (C=O) groups excluding carboxylic acids is 1. The lowest BCUT2D eigenvalue weighted by atomic mass is 9.95. The number of hydrogen-bond donors (Lipinski definition) is 2. The maximum Gasteiger partial charge on any atom is 0.307 e. The van der Waals surface area contributed by atoms with Gasteiger partial charge in [0.25, 0.3) is 0 Å². The quantitative estimate of drug-likeness (QED) is 0.862. The number of rotatable bonds is 4. The molecule has 98 valence electrons. The predicted octanol–water partition coefficient (Wildman–Crippen LogP) is 2.60. The Labute approximate surface area is 107 Å². The van der Waals surface area contributed by atoms with E-state index in [1.54, 1.807) is 6.92 Å². The molecular formula is C14H19NO3. The first-order valence-corrected chi connectivity index (χ1v) is 5.93. The summed E-state index contributed by atoms with van der Waals surface area (Å²) in [7, 11) is 0. The molecule has 0 fully saturated rings. The number of carboxylic acid groups (broad SMARTS) is 1. The fourth-order valence-corrected chi connectivity index (χ4v) is 1.74. The van der Waals surface area contributed by atoms with E-state index in [9.17, 15) is 9.59 Å². The van der Waals surface area contributed by atoms with Crippen molar-refractivity contribution in [3.63, 3.8) is 0 Å². The van der Waals surface area contributed by atoms with Crippen molar-refractivity contribution in [2.75, 3.05) is 5.32 Å². The molecule has 0 aliphatic carbocycles. The maximum absolute atomic E-state index is 11.9. The van der Waals surface area contributed by atoms with Gasteiger partial charge in [-0.05, 0) is 37.1 Å². The van der Waals surface area contributed by atoms with E-state index >= 15 is 0 Å². The van der Waals surface area contributed by atoms with E-state index in [1.807, 2.05) is 32.0 Å². The van der Waals surface area contributed by atoms with E-state index in [1.165, 1.54) is 6.92 Å². The summed E-state index contributed by atoms with van der Waals surface area (Å²) in [5.74, 6) is -2.49. The van der Waals surface area contributed by atoms with E-state index in [4.69, 9.17) is 5.11 Å². The van der Waals surface area contributed by atoms with Crippen molar-refractivity contribution in [2.24, 2.45) is 11.8 Å². The molecule has 1 amide bonds. The van der Waals surface area contributed by atoms with Crippen LogP contribution < -0.4 is 5.32 Å². The van der Waals surface area contributed by atoms with Crippen molar-refractivity contribution < 1.29 is 14.7 Å². The van der Waals surface area contributed by atoms with Crippen LogP contribution in [0.2, 0.25) is 0 Å². The van der Waals surface area contributed by atoms with Gasteiger partial charge in [0, 0.05) is 11.6 Å². The summed E-state index contributed by atoms with van der Waals surface area (Å²) >= 11 is 0. The molecule has 1 rings (SSSR count). The van der Waals surface area contributed by atoms with Crippen LogP contribution in [-0.4, -0.2) is 17.0 Å². The average molecular weight is 249 g/mol. The molecule has 2 N–H and O–H groups in total. The van der Waals surface area contributed by atoms with Crippen LogP contribution in [0.25, 0.3) is 0 Å². The fraction of sp³-hybridized carbons (Fsp3) is 0.429. The number of nitrogens with one attached hydrogen (secondary N) is 1. The molecule has 0 aromatic heterocycles. The largest absolute Gasteiger partial charge is 0.481 e. The molecule has 1 aromatic rings. The first kappa shape index (κ1) is 14.2. The number of aryl methyl sites for hydroxylation is 2. The first-order chi connectivity index (χ1) is 8.31. The minimum absolute atomic E-state index is 0.269. The SMILES string of the molecule is Cc1cc(C)cc(NC(=O)C(C)C(C)C(=O)O)c1. The van der Waals surface area contributed by atoms with Gasteiger partial charge in [-0.15, -0.1) is 0 Å². The zero-order chi connectivity index (χ0) is 13.9. The van der Waals surface area contributed by atoms with Crippen LogP contribution in [0.1, 0.15) is 25.0 Å². The Morgan fingerprint density at radius 1 is 1.06 bits per heavy atom. The lowest BCUT2D eigenvalue weighted by molar-refractivity contribution is -0.145. The van der Waals surface area contributed by atoms with E-state index in [0.717, 1.165) is 11.1 Å². The van der Waals surface area contributed by atoms with Crippen molar-refractivity contribution in [3.8, 4) is 0 Å². The van der Waals surface area contributed by atoms with Gasteiger partial charge in [0.15, 0.2) is 0 Å². The number of carbonyl (C=O) groups is 2. The maximum atomic E-state index is 11.9. The number of aliphatic carboxylic acids is 1. The predicted molar refractivity (Wildman–Crippen MR) is 70.5 cm³/mol. The molecule has 2 unspecified atom stereocenters. The minimum Gasteiger partial charge on any atom is -0.481 e. The first-order valence-electron chi connectivity index (χ1n) is 5.93. The molecule has 1 aromatic carbocycles. The summed E-state index contributed by atoms with van der Waals surface area (Å²) in [6, 6.07) is 5.74. The number of hydrogen-bond acceptors (Lipinski definition) is 2. The molecule has 0 radical (unpaired) electrons. The van der Waals surface area contributed by atoms with Crippen LogP contribution in [0.3, 0.4) is 0 Å². The Bertz CT molecular complexity index is 448. The van der Waals surface area contributed by atoms with Gasteiger partial charge in [-0.25, -0.2) is 0 Å². The zero-order valence-electron chi connectivity index (χ0n) is 11.2. The van der Waals surface area contributed by atoms with Gasteiger partial charge in [-0.2, -0.15) is 0 Å². The lowest BCUT2D eigenvalue weighted by Gasteiger charge is -2.16. The molecule has 0 spiro atoms. The van der Waals surface area contributed by atoms with Crippen molar-refractivity contribution in [3.05, 3.63) is 29.3 Å². The molecule has 18 heavy (non-hydrogen) atoms. The zero-order valence-corrected chi connectivity index (χ0v) is 11.2. The van der Waals surface area contributed by atoms with Gasteiger partial charge in [0.2, 0.25) is 5.91 Å². The molecule has 4 heteroatoms. The highest BCUT2D eigenvalue weighted by Crippen LogP contribution is 2.17. The Hall–Kier alpha value is -1.84. The van der Waals surface area contributed by atoms with Crippen LogP contribution in [0.15, 0.2) is 18.2 Å². The number of benzene rings is 1. The lowest BCUT2D eigenvalue weighted by Crippen LogP contribution is -2.30. The summed E-state index contributed by atoms with van der Waals surface area (Å²) in [5, 5.41) is 11.6. The molecule has 0 saturated heterocycles. The van der Waals surface area contributed by atoms with Crippen molar-refractivity contribution in [2.45, 2.75) is 27.7 Å². The highest BCUT2D eigenvalue weighted by atomic mass is 16.4. The molecule has 0 aliphatic rings. The third-order valence-electron chi connectivity index (χ3n) is 3.04. The standard InChI is InChI=1S/C14H19NO3/c1-8-5-9(2)7-12(6-8)15-13(16)10(3)11(4)14(17)18/h5-7,10-11H,1-4H3,(H,15,16)(H,17,18). The summed E-state index contributed by atoms with van der Waals surface area (Å²) in [6.45, 7) is 7.06. The Kier molecular flexibility index (Phi) is 4.48. The highest BCUT2D eigenvalue weighted by Gasteiger charge is 2.25. The van der Waals surface area contributed by atoms with E-state index < -0.39 is 17.8 Å². The number of anilines is 1. The van der Waals surface area contributed by atoms with Gasteiger partial charge in [0.1, 0.15) is 0 Å². The van der Waals surface area contributed by atoms with Crippen LogP contribution in [-0.2, 0) is 9.59 Å². The van der Waals surface area contributed by atoms with Crippen LogP contribution in [0, 0.1) is 25.7 Å². The fourth-order valence-electron chi connectivity index (χ4n) is 1.74. The summed E-state index contributed by atoms with van der Waals surface area (Å²) in [5.41, 5.74) is 2.83. The second kappa shape index (κ2) is 5.67. The highest BCUT2D eigenvalue weighted by molar-refractivity contribution is 5.94. The molecule has 2 atom stereocenters. The summed E-state index contributed by atoms with van der Waals surface area (Å²) in [6.07, 6.45) is 0. The second-order valence-electron chi connectivity index (χ2n) is 4.78. The van der Waals surface area contributed by atoms with Gasteiger partial charge >= 0.3 is 5.97 Å². The Morgan fingerprint density at radius 3 is 2.00 bits per heavy atom. The molecule has 0 aliphatic heterocycles. The van der Waals surface area contributed by atoms with Crippen LogP contribution in [0.4, 0.5) is 5.69 Å². The van der Waals surface area contributed by atoms with Gasteiger partial charge in [-0.3, -0.25) is 9.59 Å². The minimum atomic E-state index is -0.960. The molecule has 0 saturated carbocycles. The molecule has 0 heterocycles. The third-order valence-corrected chi connectivity index (χ3v) is 3.04. The van der Waals surface area contributed by atoms with Gasteiger partial charge < -0.3 is 10.4 Å². The van der Waals surface area contributed by atoms with Crippen molar-refractivity contribution in [1.29, 1.82) is 0 Å². The normalized spacial score (nSPS) is 13.8. The van der Waals surface area contributed by atoms with Gasteiger partial charge in [-0.1, -0.05) is 19.9 Å². The third kappa shape index (κ3) is 3.58. The van der Waals surface area contributed by atoms with Crippen LogP contribution >= 0.6 is 0 Å². The Balaban J connectivity index is 2.78. The van der Waals surface area contributed by atoms with E-state index in [0.29, 0.717) is 5.69 Å². The number of amides is 1. The second-order valence-corrected chi connectivity index (χ2v) is 4.78. The van der Waals surface area contributed by atoms with Gasteiger partial charge in [0.05, 0.1) is 5.92 Å². The van der Waals surface area contributed by atoms with E-state index in [2.05, 4.69) is 5.32 Å². The molecular weight excluding hydrogens is 230 g/mol. The summed E-state index contributed by atoms with van der Waals surface area (Å²) < 4.78 is 0. The van der Waals surface area contributed by atoms with E-state index in [-0.39, 0.29) is 5.91 Å². The van der Waals surface area contributed by atoms with Crippen molar-refractivity contribution in [1.82, 2.24) is 0 Å². The molecule has 0 bridgehead atoms. The monoisotopic (exact) mass is 249 g/mol. The summed E-state index contributed by atoms with van der Waals surface area (Å²) in [4.78, 5) is 22.7. The topological polar surface area (TPSA) is 66.4 Å². The average Bonchev–Trinajstić information content (AvgIpc) is 2.25. The van der Waals surface area contributed by atoms with Crippen LogP contribution in [0.5, 0.6) is 0 Å². The Morgan fingerprint density at radius 2 is 1.56 bits per heavy atom. The molecule has 4 nitrogen and oxygen atoms in total. The smallest absolute Gasteiger partial charge is 0.307 e.